The van der Waals surface area contributed by atoms with Crippen molar-refractivity contribution in [3.8, 4) is 16.9 Å². The highest BCUT2D eigenvalue weighted by atomic mass is 79.9. The van der Waals surface area contributed by atoms with Gasteiger partial charge in [0.1, 0.15) is 5.75 Å². The van der Waals surface area contributed by atoms with Crippen LogP contribution in [-0.4, -0.2) is 29.2 Å². The average molecular weight is 450 g/mol. The SMILES string of the molecule is O=C(CCN1C(=O)c2ccccc2C1=O)Oc1ccc(-c2ccccc2)cc1Br. The Morgan fingerprint density at radius 1 is 0.828 bits per heavy atom. The van der Waals surface area contributed by atoms with Crippen LogP contribution in [0.15, 0.2) is 77.3 Å². The topological polar surface area (TPSA) is 63.7 Å². The van der Waals surface area contributed by atoms with Gasteiger partial charge in [0.15, 0.2) is 0 Å². The normalized spacial score (nSPS) is 12.8. The Morgan fingerprint density at radius 3 is 2.07 bits per heavy atom. The lowest BCUT2D eigenvalue weighted by atomic mass is 10.1. The van der Waals surface area contributed by atoms with E-state index in [1.165, 1.54) is 0 Å². The molecule has 3 aromatic rings. The van der Waals surface area contributed by atoms with E-state index in [9.17, 15) is 14.4 Å². The Balaban J connectivity index is 1.39. The number of hydrogen-bond acceptors (Lipinski definition) is 4. The van der Waals surface area contributed by atoms with Gasteiger partial charge in [-0.3, -0.25) is 19.3 Å². The van der Waals surface area contributed by atoms with Gasteiger partial charge in [-0.2, -0.15) is 0 Å². The molecule has 0 spiro atoms. The van der Waals surface area contributed by atoms with E-state index < -0.39 is 5.97 Å². The predicted molar refractivity (Wildman–Crippen MR) is 112 cm³/mol. The van der Waals surface area contributed by atoms with Gasteiger partial charge in [0.2, 0.25) is 0 Å². The van der Waals surface area contributed by atoms with Crippen molar-refractivity contribution in [3.05, 3.63) is 88.4 Å². The quantitative estimate of drug-likeness (QED) is 0.321. The average Bonchev–Trinajstić information content (AvgIpc) is 2.99. The maximum Gasteiger partial charge on any atom is 0.313 e. The molecule has 0 bridgehead atoms. The van der Waals surface area contributed by atoms with Gasteiger partial charge in [0.05, 0.1) is 22.0 Å². The molecule has 0 aliphatic carbocycles. The number of benzene rings is 3. The maximum absolute atomic E-state index is 12.3. The smallest absolute Gasteiger partial charge is 0.313 e. The summed E-state index contributed by atoms with van der Waals surface area (Å²) in [7, 11) is 0. The first-order chi connectivity index (χ1) is 14.0. The summed E-state index contributed by atoms with van der Waals surface area (Å²) < 4.78 is 6.05. The van der Waals surface area contributed by atoms with Crippen LogP contribution in [0.1, 0.15) is 27.1 Å². The third kappa shape index (κ3) is 3.84. The van der Waals surface area contributed by atoms with E-state index in [4.69, 9.17) is 4.74 Å². The van der Waals surface area contributed by atoms with E-state index in [2.05, 4.69) is 15.9 Å². The summed E-state index contributed by atoms with van der Waals surface area (Å²) in [6.07, 6.45) is -0.0850. The Labute approximate surface area is 176 Å². The number of ether oxygens (including phenoxy) is 1. The van der Waals surface area contributed by atoms with E-state index in [-0.39, 0.29) is 24.8 Å². The summed E-state index contributed by atoms with van der Waals surface area (Å²) in [5.41, 5.74) is 2.77. The molecule has 0 fully saturated rings. The van der Waals surface area contributed by atoms with Crippen LogP contribution in [0.25, 0.3) is 11.1 Å². The van der Waals surface area contributed by atoms with Crippen molar-refractivity contribution in [3.63, 3.8) is 0 Å². The molecule has 5 nitrogen and oxygen atoms in total. The number of esters is 1. The number of carbonyl (C=O) groups excluding carboxylic acids is 3. The lowest BCUT2D eigenvalue weighted by Crippen LogP contribution is -2.32. The second-order valence-electron chi connectivity index (χ2n) is 6.54. The molecule has 0 saturated carbocycles. The van der Waals surface area contributed by atoms with Crippen molar-refractivity contribution in [2.24, 2.45) is 0 Å². The molecule has 4 rings (SSSR count). The van der Waals surface area contributed by atoms with Crippen LogP contribution in [0.5, 0.6) is 5.75 Å². The Hall–Kier alpha value is -3.25. The first-order valence-electron chi connectivity index (χ1n) is 9.05. The van der Waals surface area contributed by atoms with Crippen molar-refractivity contribution >= 4 is 33.7 Å². The molecular weight excluding hydrogens is 434 g/mol. The fourth-order valence-corrected chi connectivity index (χ4v) is 3.67. The fourth-order valence-electron chi connectivity index (χ4n) is 3.21. The van der Waals surface area contributed by atoms with Crippen LogP contribution >= 0.6 is 15.9 Å². The second-order valence-corrected chi connectivity index (χ2v) is 7.40. The largest absolute Gasteiger partial charge is 0.425 e. The lowest BCUT2D eigenvalue weighted by Gasteiger charge is -2.13. The Morgan fingerprint density at radius 2 is 1.45 bits per heavy atom. The van der Waals surface area contributed by atoms with Crippen molar-refractivity contribution < 1.29 is 19.1 Å². The molecule has 0 atom stereocenters. The number of nitrogens with zero attached hydrogens (tertiary/aromatic N) is 1. The maximum atomic E-state index is 12.3. The summed E-state index contributed by atoms with van der Waals surface area (Å²) in [6, 6.07) is 21.9. The molecule has 144 valence electrons. The second kappa shape index (κ2) is 8.01. The summed E-state index contributed by atoms with van der Waals surface area (Å²) in [5.74, 6) is -0.898. The van der Waals surface area contributed by atoms with Gasteiger partial charge in [0.25, 0.3) is 11.8 Å². The third-order valence-electron chi connectivity index (χ3n) is 4.68. The molecule has 1 aliphatic heterocycles. The number of fused-ring (bicyclic) bond motifs is 1. The molecule has 1 aliphatic rings. The number of rotatable bonds is 5. The predicted octanol–water partition coefficient (Wildman–Crippen LogP) is 4.71. The molecule has 3 aromatic carbocycles. The van der Waals surface area contributed by atoms with Crippen LogP contribution in [-0.2, 0) is 4.79 Å². The van der Waals surface area contributed by atoms with Gasteiger partial charge in [-0.1, -0.05) is 48.5 Å². The van der Waals surface area contributed by atoms with Crippen LogP contribution in [0, 0.1) is 0 Å². The fraction of sp³-hybridized carbons (Fsp3) is 0.0870. The standard InChI is InChI=1S/C23H16BrNO4/c24-19-14-16(15-6-2-1-3-7-15)10-11-20(19)29-21(26)12-13-25-22(27)17-8-4-5-9-18(17)23(25)28/h1-11,14H,12-13H2. The molecule has 1 heterocycles. The monoisotopic (exact) mass is 449 g/mol. The minimum Gasteiger partial charge on any atom is -0.425 e. The van der Waals surface area contributed by atoms with Crippen molar-refractivity contribution in [1.82, 2.24) is 4.90 Å². The zero-order valence-corrected chi connectivity index (χ0v) is 16.9. The van der Waals surface area contributed by atoms with Crippen molar-refractivity contribution in [2.75, 3.05) is 6.54 Å². The first-order valence-corrected chi connectivity index (χ1v) is 9.85. The molecule has 2 amide bonds. The van der Waals surface area contributed by atoms with Crippen LogP contribution in [0.2, 0.25) is 0 Å². The molecular formula is C23H16BrNO4. The third-order valence-corrected chi connectivity index (χ3v) is 5.30. The minimum atomic E-state index is -0.519. The van der Waals surface area contributed by atoms with Gasteiger partial charge in [-0.15, -0.1) is 0 Å². The minimum absolute atomic E-state index is 0.0229. The molecule has 0 unspecified atom stereocenters. The Kier molecular flexibility index (Phi) is 5.27. The summed E-state index contributed by atoms with van der Waals surface area (Å²) in [5, 5.41) is 0. The van der Waals surface area contributed by atoms with Crippen molar-refractivity contribution in [1.29, 1.82) is 0 Å². The summed E-state index contributed by atoms with van der Waals surface area (Å²) >= 11 is 3.43. The van der Waals surface area contributed by atoms with E-state index in [1.54, 1.807) is 30.3 Å². The molecule has 0 saturated heterocycles. The number of hydrogen-bond donors (Lipinski definition) is 0. The van der Waals surface area contributed by atoms with Gasteiger partial charge in [0, 0.05) is 6.54 Å². The van der Waals surface area contributed by atoms with Gasteiger partial charge in [-0.25, -0.2) is 0 Å². The Bertz CT molecular complexity index is 1080. The highest BCUT2D eigenvalue weighted by molar-refractivity contribution is 9.10. The summed E-state index contributed by atoms with van der Waals surface area (Å²) in [4.78, 5) is 38.1. The van der Waals surface area contributed by atoms with E-state index in [0.29, 0.717) is 21.3 Å². The number of amides is 2. The summed E-state index contributed by atoms with van der Waals surface area (Å²) in [6.45, 7) is -0.0229. The molecule has 0 N–H and O–H groups in total. The number of imide groups is 1. The lowest BCUT2D eigenvalue weighted by molar-refractivity contribution is -0.134. The van der Waals surface area contributed by atoms with E-state index in [1.807, 2.05) is 42.5 Å². The van der Waals surface area contributed by atoms with Crippen molar-refractivity contribution in [2.45, 2.75) is 6.42 Å². The number of halogens is 1. The molecule has 6 heteroatoms. The van der Waals surface area contributed by atoms with Gasteiger partial charge < -0.3 is 4.74 Å². The van der Waals surface area contributed by atoms with E-state index in [0.717, 1.165) is 16.0 Å². The zero-order valence-electron chi connectivity index (χ0n) is 15.3. The first kappa shape index (κ1) is 19.1. The highest BCUT2D eigenvalue weighted by Crippen LogP contribution is 2.31. The van der Waals surface area contributed by atoms with E-state index >= 15 is 0 Å². The van der Waals surface area contributed by atoms with Gasteiger partial charge in [-0.05, 0) is 51.3 Å². The highest BCUT2D eigenvalue weighted by Gasteiger charge is 2.35. The molecule has 0 aromatic heterocycles. The van der Waals surface area contributed by atoms with Gasteiger partial charge >= 0.3 is 5.97 Å². The van der Waals surface area contributed by atoms with Crippen LogP contribution in [0.4, 0.5) is 0 Å². The number of carbonyl (C=O) groups is 3. The van der Waals surface area contributed by atoms with Crippen LogP contribution in [0.3, 0.4) is 0 Å². The van der Waals surface area contributed by atoms with Crippen LogP contribution < -0.4 is 4.74 Å². The zero-order chi connectivity index (χ0) is 20.4. The molecule has 29 heavy (non-hydrogen) atoms. The molecule has 0 radical (unpaired) electrons.